The van der Waals surface area contributed by atoms with Gasteiger partial charge in [-0.15, -0.1) is 0 Å². The first-order valence-corrected chi connectivity index (χ1v) is 8.39. The topological polar surface area (TPSA) is 51.2 Å². The summed E-state index contributed by atoms with van der Waals surface area (Å²) in [6, 6.07) is 9.19. The van der Waals surface area contributed by atoms with Crippen molar-refractivity contribution in [1.29, 1.82) is 0 Å². The number of amides is 1. The molecule has 1 aromatic carbocycles. The summed E-state index contributed by atoms with van der Waals surface area (Å²) in [4.78, 5) is 15.5. The molecule has 0 aliphatic rings. The third-order valence-electron chi connectivity index (χ3n) is 3.21. The Labute approximate surface area is 147 Å². The van der Waals surface area contributed by atoms with Crippen LogP contribution in [0.5, 0.6) is 11.6 Å². The number of aromatic nitrogens is 1. The summed E-state index contributed by atoms with van der Waals surface area (Å²) in [6.45, 7) is 3.99. The molecular formula is C17H17F3N2O2S. The second kappa shape index (κ2) is 8.24. The zero-order valence-corrected chi connectivity index (χ0v) is 14.5. The van der Waals surface area contributed by atoms with Crippen LogP contribution in [0.1, 0.15) is 16.7 Å². The van der Waals surface area contributed by atoms with E-state index in [0.717, 1.165) is 11.1 Å². The summed E-state index contributed by atoms with van der Waals surface area (Å²) in [5.41, 5.74) is -1.70. The number of thioether (sulfide) groups is 1. The van der Waals surface area contributed by atoms with E-state index in [9.17, 15) is 18.0 Å². The van der Waals surface area contributed by atoms with Crippen molar-refractivity contribution in [1.82, 2.24) is 10.3 Å². The molecule has 0 fully saturated rings. The van der Waals surface area contributed by atoms with Crippen LogP contribution in [0, 0.1) is 13.8 Å². The van der Waals surface area contributed by atoms with Crippen molar-refractivity contribution in [2.75, 3.05) is 5.75 Å². The predicted molar refractivity (Wildman–Crippen MR) is 90.6 cm³/mol. The summed E-state index contributed by atoms with van der Waals surface area (Å²) in [7, 11) is 0. The van der Waals surface area contributed by atoms with E-state index in [-0.39, 0.29) is 18.3 Å². The van der Waals surface area contributed by atoms with Gasteiger partial charge in [-0.25, -0.2) is 4.98 Å². The molecule has 0 aliphatic carbocycles. The van der Waals surface area contributed by atoms with Crippen molar-refractivity contribution in [3.05, 3.63) is 53.2 Å². The fourth-order valence-electron chi connectivity index (χ4n) is 1.90. The number of pyridine rings is 1. The summed E-state index contributed by atoms with van der Waals surface area (Å²) in [6.07, 6.45) is 1.51. The first-order chi connectivity index (χ1) is 11.7. The Hall–Kier alpha value is -2.22. The summed E-state index contributed by atoms with van der Waals surface area (Å²) < 4.78 is 41.8. The highest BCUT2D eigenvalue weighted by molar-refractivity contribution is 8.00. The Morgan fingerprint density at radius 1 is 1.24 bits per heavy atom. The van der Waals surface area contributed by atoms with Crippen molar-refractivity contribution in [3.63, 3.8) is 0 Å². The lowest BCUT2D eigenvalue weighted by Crippen LogP contribution is -2.25. The maximum Gasteiger partial charge on any atom is 0.442 e. The van der Waals surface area contributed by atoms with Crippen LogP contribution in [-0.2, 0) is 11.3 Å². The van der Waals surface area contributed by atoms with Crippen LogP contribution in [-0.4, -0.2) is 22.2 Å². The Kier molecular flexibility index (Phi) is 6.30. The number of nitrogens with one attached hydrogen (secondary N) is 1. The number of carbonyl (C=O) groups is 1. The standard InChI is InChI=1S/C17H17F3N2O2S/c1-11-3-4-12(2)14(7-11)24-16-6-5-13(9-22-16)8-21-15(23)10-25-17(18,19)20/h3-7,9H,8,10H2,1-2H3,(H,21,23). The molecule has 0 spiro atoms. The normalized spacial score (nSPS) is 11.2. The van der Waals surface area contributed by atoms with Gasteiger partial charge in [-0.3, -0.25) is 4.79 Å². The van der Waals surface area contributed by atoms with E-state index >= 15 is 0 Å². The van der Waals surface area contributed by atoms with E-state index in [0.29, 0.717) is 17.2 Å². The largest absolute Gasteiger partial charge is 0.442 e. The van der Waals surface area contributed by atoms with Gasteiger partial charge in [-0.2, -0.15) is 13.2 Å². The van der Waals surface area contributed by atoms with Crippen LogP contribution in [0.25, 0.3) is 0 Å². The van der Waals surface area contributed by atoms with Crippen LogP contribution in [0.15, 0.2) is 36.5 Å². The lowest BCUT2D eigenvalue weighted by molar-refractivity contribution is -0.119. The smallest absolute Gasteiger partial charge is 0.439 e. The van der Waals surface area contributed by atoms with Crippen LogP contribution in [0.3, 0.4) is 0 Å². The predicted octanol–water partition coefficient (Wildman–Crippen LogP) is 4.36. The van der Waals surface area contributed by atoms with Gasteiger partial charge < -0.3 is 10.1 Å². The van der Waals surface area contributed by atoms with Crippen LogP contribution < -0.4 is 10.1 Å². The number of hydrogen-bond acceptors (Lipinski definition) is 4. The van der Waals surface area contributed by atoms with Crippen molar-refractivity contribution < 1.29 is 22.7 Å². The number of ether oxygens (including phenoxy) is 1. The van der Waals surface area contributed by atoms with Crippen LogP contribution in [0.2, 0.25) is 0 Å². The SMILES string of the molecule is Cc1ccc(C)c(Oc2ccc(CNC(=O)CSC(F)(F)F)cn2)c1. The number of carbonyl (C=O) groups excluding carboxylic acids is 1. The summed E-state index contributed by atoms with van der Waals surface area (Å²) >= 11 is -0.365. The van der Waals surface area contributed by atoms with Gasteiger partial charge in [0.2, 0.25) is 11.8 Å². The fraction of sp³-hybridized carbons (Fsp3) is 0.294. The summed E-state index contributed by atoms with van der Waals surface area (Å²) in [5, 5.41) is 2.42. The van der Waals surface area contributed by atoms with Crippen LogP contribution in [0.4, 0.5) is 13.2 Å². The number of aryl methyl sites for hydroxylation is 2. The first-order valence-electron chi connectivity index (χ1n) is 7.40. The highest BCUT2D eigenvalue weighted by Gasteiger charge is 2.29. The van der Waals surface area contributed by atoms with Crippen molar-refractivity contribution in [2.45, 2.75) is 25.9 Å². The van der Waals surface area contributed by atoms with Gasteiger partial charge >= 0.3 is 5.51 Å². The molecule has 8 heteroatoms. The highest BCUT2D eigenvalue weighted by Crippen LogP contribution is 2.29. The van der Waals surface area contributed by atoms with Gasteiger partial charge in [0.1, 0.15) is 5.75 Å². The number of benzene rings is 1. The molecule has 0 bridgehead atoms. The molecule has 0 saturated heterocycles. The van der Waals surface area contributed by atoms with Gasteiger partial charge in [0.25, 0.3) is 0 Å². The highest BCUT2D eigenvalue weighted by atomic mass is 32.2. The molecule has 2 rings (SSSR count). The second-order valence-corrected chi connectivity index (χ2v) is 6.43. The molecule has 134 valence electrons. The minimum absolute atomic E-state index is 0.105. The number of nitrogens with zero attached hydrogens (tertiary/aromatic N) is 1. The fourth-order valence-corrected chi connectivity index (χ4v) is 2.30. The molecule has 1 amide bonds. The van der Waals surface area contributed by atoms with Crippen molar-refractivity contribution in [2.24, 2.45) is 0 Å². The van der Waals surface area contributed by atoms with Gasteiger partial charge in [0.15, 0.2) is 0 Å². The van der Waals surface area contributed by atoms with E-state index in [2.05, 4.69) is 10.3 Å². The third-order valence-corrected chi connectivity index (χ3v) is 3.95. The first kappa shape index (κ1) is 19.1. The van der Waals surface area contributed by atoms with Gasteiger partial charge in [-0.05, 0) is 48.4 Å². The molecule has 0 saturated carbocycles. The Bertz CT molecular complexity index is 734. The zero-order chi connectivity index (χ0) is 18.4. The number of rotatable bonds is 6. The average Bonchev–Trinajstić information content (AvgIpc) is 2.55. The van der Waals surface area contributed by atoms with Crippen molar-refractivity contribution >= 4 is 17.7 Å². The molecule has 1 aromatic heterocycles. The summed E-state index contributed by atoms with van der Waals surface area (Å²) in [5.74, 6) is -0.239. The average molecular weight is 370 g/mol. The van der Waals surface area contributed by atoms with Gasteiger partial charge in [0, 0.05) is 18.8 Å². The van der Waals surface area contributed by atoms with E-state index in [1.165, 1.54) is 6.20 Å². The van der Waals surface area contributed by atoms with E-state index in [1.54, 1.807) is 12.1 Å². The number of halogens is 3. The molecule has 1 heterocycles. The second-order valence-electron chi connectivity index (χ2n) is 5.39. The lowest BCUT2D eigenvalue weighted by Gasteiger charge is -2.10. The monoisotopic (exact) mass is 370 g/mol. The maximum atomic E-state index is 12.0. The van der Waals surface area contributed by atoms with Gasteiger partial charge in [0.05, 0.1) is 5.75 Å². The molecule has 4 nitrogen and oxygen atoms in total. The zero-order valence-electron chi connectivity index (χ0n) is 13.7. The molecule has 1 N–H and O–H groups in total. The molecule has 0 unspecified atom stereocenters. The molecule has 0 atom stereocenters. The van der Waals surface area contributed by atoms with E-state index in [1.807, 2.05) is 32.0 Å². The molecule has 0 aliphatic heterocycles. The lowest BCUT2D eigenvalue weighted by atomic mass is 10.1. The Balaban J connectivity index is 1.87. The number of hydrogen-bond donors (Lipinski definition) is 1. The quantitative estimate of drug-likeness (QED) is 0.821. The Morgan fingerprint density at radius 3 is 2.64 bits per heavy atom. The molecule has 25 heavy (non-hydrogen) atoms. The molecule has 0 radical (unpaired) electrons. The van der Waals surface area contributed by atoms with Gasteiger partial charge in [-0.1, -0.05) is 18.2 Å². The van der Waals surface area contributed by atoms with Crippen molar-refractivity contribution in [3.8, 4) is 11.6 Å². The minimum atomic E-state index is -4.41. The molecular weight excluding hydrogens is 353 g/mol. The van der Waals surface area contributed by atoms with Crippen LogP contribution >= 0.6 is 11.8 Å². The third kappa shape index (κ3) is 6.66. The van der Waals surface area contributed by atoms with E-state index < -0.39 is 17.2 Å². The Morgan fingerprint density at radius 2 is 2.00 bits per heavy atom. The minimum Gasteiger partial charge on any atom is -0.439 e. The molecule has 2 aromatic rings. The maximum absolute atomic E-state index is 12.0. The number of alkyl halides is 3. The van der Waals surface area contributed by atoms with E-state index in [4.69, 9.17) is 4.74 Å².